The first-order valence-corrected chi connectivity index (χ1v) is 9.67. The highest BCUT2D eigenvalue weighted by Gasteiger charge is 2.32. The van der Waals surface area contributed by atoms with Crippen molar-refractivity contribution < 1.29 is 17.6 Å². The van der Waals surface area contributed by atoms with Gasteiger partial charge in [-0.2, -0.15) is 17.9 Å². The summed E-state index contributed by atoms with van der Waals surface area (Å²) in [5.41, 5.74) is 3.54. The number of hydrogen-bond donors (Lipinski definition) is 2. The molecular formula is C20H19ClF4N6O. The molecule has 0 radical (unpaired) electrons. The molecule has 2 aromatic heterocycles. The van der Waals surface area contributed by atoms with Gasteiger partial charge >= 0.3 is 11.9 Å². The highest BCUT2D eigenvalue weighted by Crippen LogP contribution is 2.31. The third-order valence-corrected chi connectivity index (χ3v) is 4.81. The molecule has 3 rings (SSSR count). The number of nitrogens with two attached hydrogens (primary N) is 1. The smallest absolute Gasteiger partial charge is 0.387 e. The Morgan fingerprint density at radius 2 is 1.91 bits per heavy atom. The number of aliphatic imine (C=N–C) groups is 1. The maximum atomic E-state index is 15.2. The Morgan fingerprint density at radius 1 is 1.22 bits per heavy atom. The first kappa shape index (κ1) is 23.5. The molecule has 0 atom stereocenters. The van der Waals surface area contributed by atoms with Crippen molar-refractivity contribution in [3.63, 3.8) is 0 Å². The lowest BCUT2D eigenvalue weighted by Gasteiger charge is -2.17. The number of aromatic nitrogens is 4. The molecule has 0 amide bonds. The maximum Gasteiger partial charge on any atom is 0.433 e. The molecule has 0 unspecified atom stereocenters. The number of pyridine rings is 1. The van der Waals surface area contributed by atoms with Gasteiger partial charge in [-0.15, -0.1) is 5.10 Å². The van der Waals surface area contributed by atoms with Crippen LogP contribution in [0, 0.1) is 11.2 Å². The van der Waals surface area contributed by atoms with Crippen molar-refractivity contribution in [3.05, 3.63) is 63.0 Å². The fourth-order valence-electron chi connectivity index (χ4n) is 2.63. The van der Waals surface area contributed by atoms with Crippen LogP contribution in [0.5, 0.6) is 0 Å². The minimum Gasteiger partial charge on any atom is -0.387 e. The van der Waals surface area contributed by atoms with Crippen LogP contribution in [0.3, 0.4) is 0 Å². The number of nitrogens with one attached hydrogen (secondary N) is 1. The summed E-state index contributed by atoms with van der Waals surface area (Å²) in [6, 6.07) is 4.60. The Kier molecular flexibility index (Phi) is 6.14. The molecule has 0 fully saturated rings. The molecule has 2 heterocycles. The second-order valence-electron chi connectivity index (χ2n) is 7.94. The van der Waals surface area contributed by atoms with E-state index in [1.54, 1.807) is 0 Å². The number of amidine groups is 1. The molecule has 0 aliphatic heterocycles. The number of halogens is 5. The number of aromatic amines is 1. The van der Waals surface area contributed by atoms with E-state index in [2.05, 4.69) is 20.1 Å². The fraction of sp³-hybridized carbons (Fsp3) is 0.300. The molecule has 12 heteroatoms. The van der Waals surface area contributed by atoms with Crippen molar-refractivity contribution in [1.82, 2.24) is 19.7 Å². The van der Waals surface area contributed by atoms with E-state index >= 15 is 4.39 Å². The van der Waals surface area contributed by atoms with Gasteiger partial charge in [0.1, 0.15) is 11.5 Å². The van der Waals surface area contributed by atoms with Crippen molar-refractivity contribution in [2.45, 2.75) is 33.5 Å². The Morgan fingerprint density at radius 3 is 2.47 bits per heavy atom. The van der Waals surface area contributed by atoms with Crippen LogP contribution in [0.1, 0.15) is 32.0 Å². The molecule has 3 aromatic rings. The average molecular weight is 471 g/mol. The molecule has 0 saturated carbocycles. The third-order valence-electron chi connectivity index (χ3n) is 4.50. The number of benzene rings is 1. The van der Waals surface area contributed by atoms with E-state index < -0.39 is 28.8 Å². The van der Waals surface area contributed by atoms with Crippen LogP contribution >= 0.6 is 11.6 Å². The van der Waals surface area contributed by atoms with Gasteiger partial charge in [0.05, 0.1) is 34.9 Å². The van der Waals surface area contributed by atoms with Gasteiger partial charge in [-0.25, -0.2) is 14.2 Å². The van der Waals surface area contributed by atoms with Crippen LogP contribution in [0.15, 0.2) is 40.2 Å². The third kappa shape index (κ3) is 4.82. The standard InChI is InChI=1S/C20H19ClF4N6O/c1-19(2,3)17(26)28-8-10-4-6-12(21)14(15(10)22)16-29-18(32)31(30-16)11-5-7-13(27-9-11)20(23,24)25/h4-7,9H,8H2,1-3H3,(H2,26,28)(H,29,30,32). The van der Waals surface area contributed by atoms with Gasteiger partial charge < -0.3 is 5.73 Å². The molecule has 7 nitrogen and oxygen atoms in total. The summed E-state index contributed by atoms with van der Waals surface area (Å²) in [4.78, 5) is 22.2. The number of H-pyrrole nitrogens is 1. The van der Waals surface area contributed by atoms with Crippen LogP contribution < -0.4 is 11.4 Å². The van der Waals surface area contributed by atoms with Crippen molar-refractivity contribution in [2.75, 3.05) is 0 Å². The summed E-state index contributed by atoms with van der Waals surface area (Å²) >= 11 is 6.14. The predicted molar refractivity (Wildman–Crippen MR) is 112 cm³/mol. The first-order chi connectivity index (χ1) is 14.8. The summed E-state index contributed by atoms with van der Waals surface area (Å²) in [6.07, 6.45) is -3.79. The van der Waals surface area contributed by atoms with Crippen LogP contribution in [0.2, 0.25) is 5.02 Å². The fourth-order valence-corrected chi connectivity index (χ4v) is 2.87. The van der Waals surface area contributed by atoms with E-state index in [1.807, 2.05) is 20.8 Å². The quantitative estimate of drug-likeness (QED) is 0.336. The Bertz CT molecular complexity index is 1220. The number of nitrogens with zero attached hydrogens (tertiary/aromatic N) is 4. The Balaban J connectivity index is 2.00. The zero-order chi connectivity index (χ0) is 23.8. The van der Waals surface area contributed by atoms with E-state index in [4.69, 9.17) is 17.3 Å². The number of alkyl halides is 3. The molecule has 0 aliphatic rings. The highest BCUT2D eigenvalue weighted by molar-refractivity contribution is 6.33. The normalized spacial score (nSPS) is 12.9. The summed E-state index contributed by atoms with van der Waals surface area (Å²) in [7, 11) is 0. The van der Waals surface area contributed by atoms with Crippen LogP contribution in [0.25, 0.3) is 17.1 Å². The number of rotatable bonds is 4. The Labute approximate surface area is 185 Å². The molecule has 1 aromatic carbocycles. The van der Waals surface area contributed by atoms with Crippen LogP contribution in [0.4, 0.5) is 17.6 Å². The summed E-state index contributed by atoms with van der Waals surface area (Å²) in [6.45, 7) is 5.53. The summed E-state index contributed by atoms with van der Waals surface area (Å²) < 4.78 is 54.1. The van der Waals surface area contributed by atoms with Gasteiger partial charge in [-0.1, -0.05) is 38.4 Å². The highest BCUT2D eigenvalue weighted by atomic mass is 35.5. The number of hydrogen-bond acceptors (Lipinski definition) is 4. The van der Waals surface area contributed by atoms with Gasteiger partial charge in [0.2, 0.25) is 0 Å². The first-order valence-electron chi connectivity index (χ1n) is 9.29. The molecule has 3 N–H and O–H groups in total. The second-order valence-corrected chi connectivity index (χ2v) is 8.34. The van der Waals surface area contributed by atoms with Gasteiger partial charge in [0, 0.05) is 11.0 Å². The zero-order valence-corrected chi connectivity index (χ0v) is 18.0. The lowest BCUT2D eigenvalue weighted by atomic mass is 9.95. The van der Waals surface area contributed by atoms with E-state index in [1.165, 1.54) is 12.1 Å². The molecule has 170 valence electrons. The predicted octanol–water partition coefficient (Wildman–Crippen LogP) is 4.34. The lowest BCUT2D eigenvalue weighted by Crippen LogP contribution is -2.29. The minimum atomic E-state index is -4.63. The largest absolute Gasteiger partial charge is 0.433 e. The maximum absolute atomic E-state index is 15.2. The minimum absolute atomic E-state index is 0.0227. The van der Waals surface area contributed by atoms with Crippen molar-refractivity contribution >= 4 is 17.4 Å². The molecule has 0 aliphatic carbocycles. The molecule has 0 saturated heterocycles. The van der Waals surface area contributed by atoms with Crippen LogP contribution in [-0.2, 0) is 12.7 Å². The van der Waals surface area contributed by atoms with E-state index in [0.717, 1.165) is 16.9 Å². The van der Waals surface area contributed by atoms with E-state index in [0.29, 0.717) is 11.9 Å². The van der Waals surface area contributed by atoms with Gasteiger partial charge in [0.25, 0.3) is 0 Å². The second kappa shape index (κ2) is 8.38. The average Bonchev–Trinajstić information content (AvgIpc) is 3.07. The molecule has 32 heavy (non-hydrogen) atoms. The Hall–Kier alpha value is -3.21. The molecule has 0 spiro atoms. The van der Waals surface area contributed by atoms with Gasteiger partial charge in [-0.3, -0.25) is 9.98 Å². The van der Waals surface area contributed by atoms with Gasteiger partial charge in [-0.05, 0) is 18.2 Å². The molecular weight excluding hydrogens is 452 g/mol. The zero-order valence-electron chi connectivity index (χ0n) is 17.3. The topological polar surface area (TPSA) is 102 Å². The van der Waals surface area contributed by atoms with Crippen molar-refractivity contribution in [1.29, 1.82) is 0 Å². The monoisotopic (exact) mass is 470 g/mol. The SMILES string of the molecule is CC(C)(C)C(N)=NCc1ccc(Cl)c(-c2nn(-c3ccc(C(F)(F)F)nc3)c(=O)[nH]2)c1F. The lowest BCUT2D eigenvalue weighted by molar-refractivity contribution is -0.141. The van der Waals surface area contributed by atoms with Crippen LogP contribution in [-0.4, -0.2) is 25.6 Å². The summed E-state index contributed by atoms with van der Waals surface area (Å²) in [5.74, 6) is -0.623. The van der Waals surface area contributed by atoms with Gasteiger partial charge in [0.15, 0.2) is 5.82 Å². The van der Waals surface area contributed by atoms with Crippen molar-refractivity contribution in [3.8, 4) is 17.1 Å². The van der Waals surface area contributed by atoms with E-state index in [9.17, 15) is 18.0 Å². The van der Waals surface area contributed by atoms with E-state index in [-0.39, 0.29) is 34.2 Å². The summed E-state index contributed by atoms with van der Waals surface area (Å²) in [5, 5.41) is 3.96. The van der Waals surface area contributed by atoms with Crippen molar-refractivity contribution in [2.24, 2.45) is 16.1 Å². The molecule has 0 bridgehead atoms.